The molecule has 0 radical (unpaired) electrons. The molecule has 2 N–H and O–H groups in total. The number of nitrogens with two attached hydrogens (primary N) is 1. The number of hydrogen-bond acceptors (Lipinski definition) is 4. The molecule has 2 rings (SSSR count). The van der Waals surface area contributed by atoms with E-state index in [0.29, 0.717) is 18.3 Å². The minimum absolute atomic E-state index is 0.114. The Kier molecular flexibility index (Phi) is 4.44. The van der Waals surface area contributed by atoms with Gasteiger partial charge < -0.3 is 9.47 Å². The molecule has 1 saturated heterocycles. The molecule has 6 heteroatoms. The molecule has 1 aromatic rings. The van der Waals surface area contributed by atoms with Crippen LogP contribution in [0.4, 0.5) is 0 Å². The van der Waals surface area contributed by atoms with Gasteiger partial charge in [-0.2, -0.15) is 0 Å². The predicted molar refractivity (Wildman–Crippen MR) is 71.6 cm³/mol. The van der Waals surface area contributed by atoms with Crippen LogP contribution in [0.1, 0.15) is 18.4 Å². The fourth-order valence-corrected chi connectivity index (χ4v) is 2.68. The van der Waals surface area contributed by atoms with Gasteiger partial charge in [0.1, 0.15) is 5.75 Å². The molecule has 19 heavy (non-hydrogen) atoms. The molecule has 0 aliphatic carbocycles. The average Bonchev–Trinajstić information content (AvgIpc) is 2.37. The van der Waals surface area contributed by atoms with Gasteiger partial charge in [0.05, 0.1) is 11.5 Å². The van der Waals surface area contributed by atoms with Gasteiger partial charge in [0, 0.05) is 13.2 Å². The maximum Gasteiger partial charge on any atom is 0.238 e. The molecule has 1 aliphatic heterocycles. The molecule has 0 amide bonds. The minimum Gasteiger partial charge on any atom is -0.493 e. The lowest BCUT2D eigenvalue weighted by atomic mass is 10.0. The summed E-state index contributed by atoms with van der Waals surface area (Å²) >= 11 is 0. The summed E-state index contributed by atoms with van der Waals surface area (Å²) < 4.78 is 33.5. The van der Waals surface area contributed by atoms with E-state index in [1.165, 1.54) is 12.1 Å². The monoisotopic (exact) mass is 285 g/mol. The number of hydrogen-bond donors (Lipinski definition) is 1. The fourth-order valence-electron chi connectivity index (χ4n) is 2.08. The average molecular weight is 285 g/mol. The van der Waals surface area contributed by atoms with Gasteiger partial charge in [-0.15, -0.1) is 0 Å². The van der Waals surface area contributed by atoms with Gasteiger partial charge >= 0.3 is 0 Å². The zero-order chi connectivity index (χ0) is 13.9. The summed E-state index contributed by atoms with van der Waals surface area (Å²) in [6, 6.07) is 4.67. The third-order valence-electron chi connectivity index (χ3n) is 3.29. The highest BCUT2D eigenvalue weighted by Crippen LogP contribution is 2.23. The quantitative estimate of drug-likeness (QED) is 0.908. The van der Waals surface area contributed by atoms with Crippen LogP contribution in [0.15, 0.2) is 23.1 Å². The zero-order valence-corrected chi connectivity index (χ0v) is 11.8. The minimum atomic E-state index is -3.65. The fraction of sp³-hybridized carbons (Fsp3) is 0.538. The number of benzene rings is 1. The maximum absolute atomic E-state index is 11.2. The molecule has 0 unspecified atom stereocenters. The first kappa shape index (κ1) is 14.3. The van der Waals surface area contributed by atoms with Crippen molar-refractivity contribution < 1.29 is 17.9 Å². The molecule has 0 bridgehead atoms. The van der Waals surface area contributed by atoms with Crippen molar-refractivity contribution in [2.45, 2.75) is 24.7 Å². The van der Waals surface area contributed by atoms with Crippen LogP contribution in [0.25, 0.3) is 0 Å². The highest BCUT2D eigenvalue weighted by atomic mass is 32.2. The number of sulfonamides is 1. The second-order valence-electron chi connectivity index (χ2n) is 4.84. The first-order chi connectivity index (χ1) is 8.97. The smallest absolute Gasteiger partial charge is 0.238 e. The lowest BCUT2D eigenvalue weighted by molar-refractivity contribution is 0.0496. The van der Waals surface area contributed by atoms with Crippen molar-refractivity contribution >= 4 is 10.0 Å². The molecule has 0 atom stereocenters. The van der Waals surface area contributed by atoms with Crippen molar-refractivity contribution in [1.82, 2.24) is 0 Å². The summed E-state index contributed by atoms with van der Waals surface area (Å²) in [5.41, 5.74) is 0.776. The molecular formula is C13H19NO4S. The van der Waals surface area contributed by atoms with Gasteiger partial charge in [0.25, 0.3) is 0 Å². The molecule has 0 spiro atoms. The van der Waals surface area contributed by atoms with E-state index in [1.54, 1.807) is 6.07 Å². The standard InChI is InChI=1S/C13H19NO4S/c1-10-8-12(19(14,15)16)2-3-13(10)18-9-11-4-6-17-7-5-11/h2-3,8,11H,4-7,9H2,1H3,(H2,14,15,16). The molecule has 1 fully saturated rings. The number of ether oxygens (including phenoxy) is 2. The van der Waals surface area contributed by atoms with Crippen molar-refractivity contribution in [2.24, 2.45) is 11.1 Å². The van der Waals surface area contributed by atoms with Crippen LogP contribution in [0.3, 0.4) is 0 Å². The van der Waals surface area contributed by atoms with Crippen molar-refractivity contribution in [1.29, 1.82) is 0 Å². The second-order valence-corrected chi connectivity index (χ2v) is 6.40. The second kappa shape index (κ2) is 5.90. The SMILES string of the molecule is Cc1cc(S(N)(=O)=O)ccc1OCC1CCOCC1. The Labute approximate surface area is 113 Å². The van der Waals surface area contributed by atoms with E-state index >= 15 is 0 Å². The largest absolute Gasteiger partial charge is 0.493 e. The number of rotatable bonds is 4. The van der Waals surface area contributed by atoms with Crippen molar-refractivity contribution in [3.63, 3.8) is 0 Å². The molecule has 5 nitrogen and oxygen atoms in total. The summed E-state index contributed by atoms with van der Waals surface area (Å²) in [7, 11) is -3.65. The Morgan fingerprint density at radius 2 is 2.05 bits per heavy atom. The molecule has 1 aromatic carbocycles. The molecule has 1 heterocycles. The Morgan fingerprint density at radius 3 is 2.63 bits per heavy atom. The highest BCUT2D eigenvalue weighted by Gasteiger charge is 2.15. The third-order valence-corrected chi connectivity index (χ3v) is 4.20. The number of primary sulfonamides is 1. The summed E-state index contributed by atoms with van der Waals surface area (Å²) in [5, 5.41) is 5.08. The van der Waals surface area contributed by atoms with Crippen LogP contribution in [0.2, 0.25) is 0 Å². The van der Waals surface area contributed by atoms with Gasteiger partial charge in [-0.25, -0.2) is 13.6 Å². The topological polar surface area (TPSA) is 78.6 Å². The van der Waals surface area contributed by atoms with Crippen LogP contribution in [-0.2, 0) is 14.8 Å². The van der Waals surface area contributed by atoms with Crippen LogP contribution >= 0.6 is 0 Å². The van der Waals surface area contributed by atoms with Gasteiger partial charge in [0.15, 0.2) is 0 Å². The van der Waals surface area contributed by atoms with E-state index in [-0.39, 0.29) is 4.90 Å². The lowest BCUT2D eigenvalue weighted by Crippen LogP contribution is -2.21. The van der Waals surface area contributed by atoms with E-state index < -0.39 is 10.0 Å². The summed E-state index contributed by atoms with van der Waals surface area (Å²) in [5.74, 6) is 1.21. The Bertz CT molecular complexity index is 536. The van der Waals surface area contributed by atoms with Gasteiger partial charge in [0.2, 0.25) is 10.0 Å². The Balaban J connectivity index is 2.01. The summed E-state index contributed by atoms with van der Waals surface area (Å²) in [6.45, 7) is 4.03. The molecule has 106 valence electrons. The molecular weight excluding hydrogens is 266 g/mol. The van der Waals surface area contributed by atoms with E-state index in [9.17, 15) is 8.42 Å². The van der Waals surface area contributed by atoms with Crippen LogP contribution in [-0.4, -0.2) is 28.2 Å². The Morgan fingerprint density at radius 1 is 1.37 bits per heavy atom. The van der Waals surface area contributed by atoms with Crippen LogP contribution in [0.5, 0.6) is 5.75 Å². The highest BCUT2D eigenvalue weighted by molar-refractivity contribution is 7.89. The van der Waals surface area contributed by atoms with E-state index in [2.05, 4.69) is 0 Å². The first-order valence-electron chi connectivity index (χ1n) is 6.31. The van der Waals surface area contributed by atoms with Gasteiger partial charge in [-0.1, -0.05) is 0 Å². The van der Waals surface area contributed by atoms with E-state index in [1.807, 2.05) is 6.92 Å². The van der Waals surface area contributed by atoms with Crippen LogP contribution in [0, 0.1) is 12.8 Å². The van der Waals surface area contributed by atoms with Crippen molar-refractivity contribution in [3.8, 4) is 5.75 Å². The van der Waals surface area contributed by atoms with E-state index in [4.69, 9.17) is 14.6 Å². The normalized spacial score (nSPS) is 17.4. The first-order valence-corrected chi connectivity index (χ1v) is 7.85. The maximum atomic E-state index is 11.2. The summed E-state index contributed by atoms with van der Waals surface area (Å²) in [4.78, 5) is 0.114. The van der Waals surface area contributed by atoms with E-state index in [0.717, 1.165) is 31.6 Å². The molecule has 0 aromatic heterocycles. The van der Waals surface area contributed by atoms with Crippen molar-refractivity contribution in [3.05, 3.63) is 23.8 Å². The van der Waals surface area contributed by atoms with Gasteiger partial charge in [-0.05, 0) is 49.4 Å². The number of aryl methyl sites for hydroxylation is 1. The van der Waals surface area contributed by atoms with Crippen LogP contribution < -0.4 is 9.88 Å². The predicted octanol–water partition coefficient (Wildman–Crippen LogP) is 1.45. The zero-order valence-electron chi connectivity index (χ0n) is 11.0. The Hall–Kier alpha value is -1.11. The lowest BCUT2D eigenvalue weighted by Gasteiger charge is -2.22. The third kappa shape index (κ3) is 3.92. The summed E-state index contributed by atoms with van der Waals surface area (Å²) in [6.07, 6.45) is 2.02. The molecule has 1 aliphatic rings. The van der Waals surface area contributed by atoms with Gasteiger partial charge in [-0.3, -0.25) is 0 Å². The molecule has 0 saturated carbocycles. The van der Waals surface area contributed by atoms with Crippen molar-refractivity contribution in [2.75, 3.05) is 19.8 Å².